The van der Waals surface area contributed by atoms with Gasteiger partial charge in [-0.15, -0.1) is 0 Å². The summed E-state index contributed by atoms with van der Waals surface area (Å²) in [5, 5.41) is 8.59. The minimum absolute atomic E-state index is 0.0244. The lowest BCUT2D eigenvalue weighted by Crippen LogP contribution is -2.31. The summed E-state index contributed by atoms with van der Waals surface area (Å²) in [6, 6.07) is 5.68. The van der Waals surface area contributed by atoms with Gasteiger partial charge < -0.3 is 14.7 Å². The van der Waals surface area contributed by atoms with Crippen molar-refractivity contribution >= 4 is 6.09 Å². The van der Waals surface area contributed by atoms with Crippen LogP contribution in [0.4, 0.5) is 4.79 Å². The molecule has 0 radical (unpaired) electrons. The maximum absolute atomic E-state index is 11.6. The van der Waals surface area contributed by atoms with Crippen LogP contribution in [0.25, 0.3) is 0 Å². The van der Waals surface area contributed by atoms with Crippen molar-refractivity contribution in [1.29, 1.82) is 0 Å². The topological polar surface area (TPSA) is 62.7 Å². The standard InChI is InChI=1S/C12H18N2O3/c1-3-14(12(16)17-8-7-15)9-11-6-4-5-10(2)13-11/h4-6,15H,3,7-9H2,1-2H3. The minimum atomic E-state index is -0.426. The minimum Gasteiger partial charge on any atom is -0.447 e. The van der Waals surface area contributed by atoms with Gasteiger partial charge in [-0.05, 0) is 26.0 Å². The Labute approximate surface area is 101 Å². The average Bonchev–Trinajstić information content (AvgIpc) is 2.33. The number of hydrogen-bond donors (Lipinski definition) is 1. The highest BCUT2D eigenvalue weighted by atomic mass is 16.6. The van der Waals surface area contributed by atoms with E-state index in [2.05, 4.69) is 4.98 Å². The zero-order chi connectivity index (χ0) is 12.7. The first kappa shape index (κ1) is 13.4. The van der Waals surface area contributed by atoms with Crippen LogP contribution in [0.3, 0.4) is 0 Å². The number of carbonyl (C=O) groups excluding carboxylic acids is 1. The van der Waals surface area contributed by atoms with Crippen molar-refractivity contribution in [3.63, 3.8) is 0 Å². The molecule has 5 heteroatoms. The Morgan fingerprint density at radius 1 is 1.53 bits per heavy atom. The summed E-state index contributed by atoms with van der Waals surface area (Å²) in [5.41, 5.74) is 1.75. The summed E-state index contributed by atoms with van der Waals surface area (Å²) in [6.07, 6.45) is -0.426. The van der Waals surface area contributed by atoms with Crippen LogP contribution in [0.15, 0.2) is 18.2 Å². The number of aromatic nitrogens is 1. The van der Waals surface area contributed by atoms with E-state index in [0.29, 0.717) is 13.1 Å². The molecular formula is C12H18N2O3. The third-order valence-electron chi connectivity index (χ3n) is 2.26. The number of carbonyl (C=O) groups is 1. The zero-order valence-corrected chi connectivity index (χ0v) is 10.2. The SMILES string of the molecule is CCN(Cc1cccc(C)n1)C(=O)OCCO. The van der Waals surface area contributed by atoms with Crippen LogP contribution in [0.2, 0.25) is 0 Å². The number of aliphatic hydroxyl groups excluding tert-OH is 1. The van der Waals surface area contributed by atoms with Gasteiger partial charge in [-0.25, -0.2) is 4.79 Å². The Kier molecular flexibility index (Phi) is 5.42. The summed E-state index contributed by atoms with van der Waals surface area (Å²) < 4.78 is 4.86. The van der Waals surface area contributed by atoms with Crippen LogP contribution in [-0.2, 0) is 11.3 Å². The van der Waals surface area contributed by atoms with Gasteiger partial charge in [0, 0.05) is 12.2 Å². The summed E-state index contributed by atoms with van der Waals surface area (Å²) in [7, 11) is 0. The molecule has 1 aromatic rings. The molecule has 17 heavy (non-hydrogen) atoms. The molecule has 0 spiro atoms. The Bertz CT molecular complexity index is 369. The van der Waals surface area contributed by atoms with Crippen molar-refractivity contribution in [2.75, 3.05) is 19.8 Å². The number of aryl methyl sites for hydroxylation is 1. The first-order valence-corrected chi connectivity index (χ1v) is 5.62. The Morgan fingerprint density at radius 2 is 2.29 bits per heavy atom. The number of ether oxygens (including phenoxy) is 1. The van der Waals surface area contributed by atoms with Gasteiger partial charge in [0.15, 0.2) is 0 Å². The van der Waals surface area contributed by atoms with E-state index in [1.54, 1.807) is 0 Å². The number of nitrogens with zero attached hydrogens (tertiary/aromatic N) is 2. The molecule has 5 nitrogen and oxygen atoms in total. The fourth-order valence-electron chi connectivity index (χ4n) is 1.41. The quantitative estimate of drug-likeness (QED) is 0.840. The van der Waals surface area contributed by atoms with Crippen LogP contribution in [0.1, 0.15) is 18.3 Å². The van der Waals surface area contributed by atoms with Crippen LogP contribution in [0, 0.1) is 6.92 Å². The van der Waals surface area contributed by atoms with Gasteiger partial charge in [0.25, 0.3) is 0 Å². The summed E-state index contributed by atoms with van der Waals surface area (Å²) in [5.74, 6) is 0. The number of hydrogen-bond acceptors (Lipinski definition) is 4. The second-order valence-electron chi connectivity index (χ2n) is 3.62. The Balaban J connectivity index is 2.60. The molecule has 0 aliphatic heterocycles. The average molecular weight is 238 g/mol. The highest BCUT2D eigenvalue weighted by Gasteiger charge is 2.13. The van der Waals surface area contributed by atoms with Crippen LogP contribution in [-0.4, -0.2) is 40.8 Å². The molecular weight excluding hydrogens is 220 g/mol. The predicted molar refractivity (Wildman–Crippen MR) is 63.5 cm³/mol. The monoisotopic (exact) mass is 238 g/mol. The van der Waals surface area contributed by atoms with Gasteiger partial charge in [-0.1, -0.05) is 6.07 Å². The van der Waals surface area contributed by atoms with Gasteiger partial charge in [0.2, 0.25) is 0 Å². The largest absolute Gasteiger partial charge is 0.447 e. The third kappa shape index (κ3) is 4.40. The van der Waals surface area contributed by atoms with Crippen molar-refractivity contribution < 1.29 is 14.6 Å². The number of aliphatic hydroxyl groups is 1. The number of amides is 1. The first-order chi connectivity index (χ1) is 8.17. The van der Waals surface area contributed by atoms with E-state index in [0.717, 1.165) is 11.4 Å². The Morgan fingerprint density at radius 3 is 2.88 bits per heavy atom. The molecule has 0 saturated heterocycles. The lowest BCUT2D eigenvalue weighted by atomic mass is 10.3. The van der Waals surface area contributed by atoms with E-state index >= 15 is 0 Å². The van der Waals surface area contributed by atoms with E-state index in [-0.39, 0.29) is 13.2 Å². The highest BCUT2D eigenvalue weighted by molar-refractivity contribution is 5.67. The fourth-order valence-corrected chi connectivity index (χ4v) is 1.41. The van der Waals surface area contributed by atoms with Crippen molar-refractivity contribution in [1.82, 2.24) is 9.88 Å². The van der Waals surface area contributed by atoms with Crippen LogP contribution in [0.5, 0.6) is 0 Å². The van der Waals surface area contributed by atoms with E-state index in [1.807, 2.05) is 32.0 Å². The molecule has 1 rings (SSSR count). The van der Waals surface area contributed by atoms with E-state index < -0.39 is 6.09 Å². The molecule has 0 fully saturated rings. The molecule has 1 aromatic heterocycles. The van der Waals surface area contributed by atoms with E-state index in [1.165, 1.54) is 4.90 Å². The van der Waals surface area contributed by atoms with Crippen LogP contribution < -0.4 is 0 Å². The van der Waals surface area contributed by atoms with Crippen molar-refractivity contribution in [2.24, 2.45) is 0 Å². The zero-order valence-electron chi connectivity index (χ0n) is 10.2. The van der Waals surface area contributed by atoms with Gasteiger partial charge in [-0.2, -0.15) is 0 Å². The van der Waals surface area contributed by atoms with Gasteiger partial charge in [0.1, 0.15) is 6.61 Å². The lowest BCUT2D eigenvalue weighted by Gasteiger charge is -2.19. The second-order valence-corrected chi connectivity index (χ2v) is 3.62. The number of pyridine rings is 1. The lowest BCUT2D eigenvalue weighted by molar-refractivity contribution is 0.0833. The number of rotatable bonds is 5. The maximum Gasteiger partial charge on any atom is 0.410 e. The molecule has 0 aliphatic carbocycles. The van der Waals surface area contributed by atoms with Crippen molar-refractivity contribution in [2.45, 2.75) is 20.4 Å². The molecule has 1 amide bonds. The molecule has 1 heterocycles. The Hall–Kier alpha value is -1.62. The molecule has 0 aromatic carbocycles. The maximum atomic E-state index is 11.6. The van der Waals surface area contributed by atoms with Crippen molar-refractivity contribution in [3.05, 3.63) is 29.6 Å². The van der Waals surface area contributed by atoms with E-state index in [9.17, 15) is 4.79 Å². The second kappa shape index (κ2) is 6.85. The summed E-state index contributed by atoms with van der Waals surface area (Å²) >= 11 is 0. The predicted octanol–water partition coefficient (Wildman–Crippen LogP) is 1.34. The normalized spacial score (nSPS) is 10.1. The molecule has 94 valence electrons. The molecule has 0 unspecified atom stereocenters. The third-order valence-corrected chi connectivity index (χ3v) is 2.26. The molecule has 0 bridgehead atoms. The summed E-state index contributed by atoms with van der Waals surface area (Å²) in [6.45, 7) is 4.60. The smallest absolute Gasteiger partial charge is 0.410 e. The first-order valence-electron chi connectivity index (χ1n) is 5.62. The molecule has 0 aliphatic rings. The van der Waals surface area contributed by atoms with E-state index in [4.69, 9.17) is 9.84 Å². The fraction of sp³-hybridized carbons (Fsp3) is 0.500. The molecule has 1 N–H and O–H groups in total. The highest BCUT2D eigenvalue weighted by Crippen LogP contribution is 2.04. The summed E-state index contributed by atoms with van der Waals surface area (Å²) in [4.78, 5) is 17.5. The van der Waals surface area contributed by atoms with Gasteiger partial charge >= 0.3 is 6.09 Å². The van der Waals surface area contributed by atoms with Crippen molar-refractivity contribution in [3.8, 4) is 0 Å². The van der Waals surface area contributed by atoms with Crippen LogP contribution >= 0.6 is 0 Å². The molecule has 0 saturated carbocycles. The van der Waals surface area contributed by atoms with Gasteiger partial charge in [0.05, 0.1) is 18.8 Å². The molecule has 0 atom stereocenters. The van der Waals surface area contributed by atoms with Gasteiger partial charge in [-0.3, -0.25) is 4.98 Å².